The van der Waals surface area contributed by atoms with E-state index in [1.807, 2.05) is 0 Å². The zero-order valence-electron chi connectivity index (χ0n) is 13.1. The van der Waals surface area contributed by atoms with Crippen LogP contribution < -0.4 is 5.73 Å². The van der Waals surface area contributed by atoms with Crippen LogP contribution in [-0.2, 0) is 6.54 Å². The fraction of sp³-hybridized carbons (Fsp3) is 0.800. The molecule has 0 aliphatic rings. The van der Waals surface area contributed by atoms with E-state index in [0.29, 0.717) is 18.0 Å². The molecular formula is C15H30N4. The summed E-state index contributed by atoms with van der Waals surface area (Å²) in [6.45, 7) is 10.7. The third-order valence-corrected chi connectivity index (χ3v) is 3.84. The smallest absolute Gasteiger partial charge is 0.0764 e. The minimum Gasteiger partial charge on any atom is -0.327 e. The van der Waals surface area contributed by atoms with Crippen LogP contribution in [-0.4, -0.2) is 34.3 Å². The maximum absolute atomic E-state index is 6.07. The Hall–Kier alpha value is -0.870. The van der Waals surface area contributed by atoms with Crippen LogP contribution in [0.3, 0.4) is 0 Å². The number of nitrogens with two attached hydrogens (primary N) is 1. The van der Waals surface area contributed by atoms with E-state index in [-0.39, 0.29) is 0 Å². The van der Waals surface area contributed by atoms with E-state index in [0.717, 1.165) is 31.6 Å². The molecule has 0 amide bonds. The van der Waals surface area contributed by atoms with Crippen LogP contribution >= 0.6 is 0 Å². The van der Waals surface area contributed by atoms with Crippen molar-refractivity contribution in [2.45, 2.75) is 59.2 Å². The highest BCUT2D eigenvalue weighted by Gasteiger charge is 2.10. The van der Waals surface area contributed by atoms with Crippen LogP contribution in [0.5, 0.6) is 0 Å². The average Bonchev–Trinajstić information content (AvgIpc) is 2.83. The molecule has 0 bridgehead atoms. The number of hydrogen-bond acceptors (Lipinski definition) is 3. The second-order valence-corrected chi connectivity index (χ2v) is 5.98. The molecule has 2 atom stereocenters. The van der Waals surface area contributed by atoms with Crippen molar-refractivity contribution in [3.63, 3.8) is 0 Å². The standard InChI is InChI=1S/C15H30N4/c1-6-13(4)19-10-7-14(17-19)11-18(5)9-8-15(16)12(2)3/h7,10,12-13,15H,6,8-9,11,16H2,1-5H3. The van der Waals surface area contributed by atoms with E-state index in [9.17, 15) is 0 Å². The van der Waals surface area contributed by atoms with Gasteiger partial charge >= 0.3 is 0 Å². The molecule has 0 aromatic carbocycles. The normalized spacial score (nSPS) is 15.2. The topological polar surface area (TPSA) is 47.1 Å². The largest absolute Gasteiger partial charge is 0.327 e. The van der Waals surface area contributed by atoms with E-state index in [2.05, 4.69) is 61.7 Å². The fourth-order valence-corrected chi connectivity index (χ4v) is 1.95. The average molecular weight is 266 g/mol. The lowest BCUT2D eigenvalue weighted by Crippen LogP contribution is -2.31. The van der Waals surface area contributed by atoms with Gasteiger partial charge in [0.1, 0.15) is 0 Å². The second-order valence-electron chi connectivity index (χ2n) is 5.98. The molecule has 2 N–H and O–H groups in total. The minimum atomic E-state index is 0.292. The first-order chi connectivity index (χ1) is 8.93. The summed E-state index contributed by atoms with van der Waals surface area (Å²) in [6, 6.07) is 2.89. The van der Waals surface area contributed by atoms with Crippen LogP contribution in [0.2, 0.25) is 0 Å². The molecule has 0 spiro atoms. The Kier molecular flexibility index (Phi) is 6.52. The molecular weight excluding hydrogens is 236 g/mol. The van der Waals surface area contributed by atoms with E-state index in [1.165, 1.54) is 0 Å². The molecule has 4 nitrogen and oxygen atoms in total. The molecule has 1 aromatic heterocycles. The van der Waals surface area contributed by atoms with Gasteiger partial charge in [-0.2, -0.15) is 5.10 Å². The van der Waals surface area contributed by atoms with Crippen LogP contribution in [0.15, 0.2) is 12.3 Å². The summed E-state index contributed by atoms with van der Waals surface area (Å²) in [7, 11) is 2.13. The zero-order chi connectivity index (χ0) is 14.4. The molecule has 0 saturated carbocycles. The number of nitrogens with zero attached hydrogens (tertiary/aromatic N) is 3. The van der Waals surface area contributed by atoms with E-state index >= 15 is 0 Å². The van der Waals surface area contributed by atoms with Crippen molar-refractivity contribution in [2.75, 3.05) is 13.6 Å². The van der Waals surface area contributed by atoms with Gasteiger partial charge in [-0.25, -0.2) is 0 Å². The summed E-state index contributed by atoms with van der Waals surface area (Å²) < 4.78 is 2.06. The molecule has 19 heavy (non-hydrogen) atoms. The van der Waals surface area contributed by atoms with E-state index < -0.39 is 0 Å². The van der Waals surface area contributed by atoms with Crippen LogP contribution in [0.1, 0.15) is 52.3 Å². The van der Waals surface area contributed by atoms with Crippen molar-refractivity contribution >= 4 is 0 Å². The van der Waals surface area contributed by atoms with Gasteiger partial charge in [-0.3, -0.25) is 4.68 Å². The lowest BCUT2D eigenvalue weighted by molar-refractivity contribution is 0.291. The number of hydrogen-bond donors (Lipinski definition) is 1. The Labute approximate surface area is 118 Å². The fourth-order valence-electron chi connectivity index (χ4n) is 1.95. The summed E-state index contributed by atoms with van der Waals surface area (Å²) in [5.74, 6) is 0.554. The van der Waals surface area contributed by atoms with E-state index in [1.54, 1.807) is 0 Å². The Morgan fingerprint density at radius 2 is 2.05 bits per heavy atom. The predicted molar refractivity (Wildman–Crippen MR) is 81.0 cm³/mol. The van der Waals surface area contributed by atoms with Crippen LogP contribution in [0.25, 0.3) is 0 Å². The minimum absolute atomic E-state index is 0.292. The molecule has 0 aliphatic carbocycles. The van der Waals surface area contributed by atoms with Crippen LogP contribution in [0, 0.1) is 5.92 Å². The highest BCUT2D eigenvalue weighted by molar-refractivity contribution is 4.99. The summed E-state index contributed by atoms with van der Waals surface area (Å²) in [5, 5.41) is 4.63. The second kappa shape index (κ2) is 7.65. The third-order valence-electron chi connectivity index (χ3n) is 3.84. The van der Waals surface area contributed by atoms with Crippen molar-refractivity contribution in [3.05, 3.63) is 18.0 Å². The molecule has 0 radical (unpaired) electrons. The van der Waals surface area contributed by atoms with Gasteiger partial charge in [0.05, 0.1) is 5.69 Å². The molecule has 110 valence electrons. The van der Waals surface area contributed by atoms with E-state index in [4.69, 9.17) is 5.73 Å². The molecule has 1 rings (SSSR count). The first-order valence-corrected chi connectivity index (χ1v) is 7.42. The summed E-state index contributed by atoms with van der Waals surface area (Å²) in [6.07, 6.45) is 4.23. The van der Waals surface area contributed by atoms with Gasteiger partial charge < -0.3 is 10.6 Å². The van der Waals surface area contributed by atoms with Gasteiger partial charge in [0, 0.05) is 24.8 Å². The predicted octanol–water partition coefficient (Wildman–Crippen LogP) is 2.66. The molecule has 1 heterocycles. The molecule has 0 saturated heterocycles. The summed E-state index contributed by atoms with van der Waals surface area (Å²) >= 11 is 0. The SMILES string of the molecule is CCC(C)n1ccc(CN(C)CCC(N)C(C)C)n1. The summed E-state index contributed by atoms with van der Waals surface area (Å²) in [4.78, 5) is 2.30. The van der Waals surface area contributed by atoms with Crippen molar-refractivity contribution in [3.8, 4) is 0 Å². The Morgan fingerprint density at radius 1 is 1.37 bits per heavy atom. The van der Waals surface area contributed by atoms with Gasteiger partial charge in [-0.15, -0.1) is 0 Å². The van der Waals surface area contributed by atoms with Crippen LogP contribution in [0.4, 0.5) is 0 Å². The summed E-state index contributed by atoms with van der Waals surface area (Å²) in [5.41, 5.74) is 7.21. The van der Waals surface area contributed by atoms with Gasteiger partial charge in [0.15, 0.2) is 0 Å². The van der Waals surface area contributed by atoms with Crippen molar-refractivity contribution in [1.29, 1.82) is 0 Å². The zero-order valence-corrected chi connectivity index (χ0v) is 13.1. The Balaban J connectivity index is 2.40. The Bertz CT molecular complexity index is 359. The maximum Gasteiger partial charge on any atom is 0.0764 e. The lowest BCUT2D eigenvalue weighted by Gasteiger charge is -2.20. The lowest BCUT2D eigenvalue weighted by atomic mass is 10.0. The van der Waals surface area contributed by atoms with Crippen molar-refractivity contribution in [1.82, 2.24) is 14.7 Å². The molecule has 2 unspecified atom stereocenters. The quantitative estimate of drug-likeness (QED) is 0.787. The molecule has 0 fully saturated rings. The maximum atomic E-state index is 6.07. The first kappa shape index (κ1) is 16.2. The number of rotatable bonds is 8. The molecule has 4 heteroatoms. The first-order valence-electron chi connectivity index (χ1n) is 7.42. The molecule has 1 aromatic rings. The highest BCUT2D eigenvalue weighted by atomic mass is 15.3. The monoisotopic (exact) mass is 266 g/mol. The van der Waals surface area contributed by atoms with Gasteiger partial charge in [-0.1, -0.05) is 20.8 Å². The highest BCUT2D eigenvalue weighted by Crippen LogP contribution is 2.11. The van der Waals surface area contributed by atoms with Gasteiger partial charge in [0.2, 0.25) is 0 Å². The van der Waals surface area contributed by atoms with Gasteiger partial charge in [-0.05, 0) is 45.3 Å². The van der Waals surface area contributed by atoms with Crippen molar-refractivity contribution in [2.24, 2.45) is 11.7 Å². The molecule has 0 aliphatic heterocycles. The third kappa shape index (κ3) is 5.33. The number of aromatic nitrogens is 2. The van der Waals surface area contributed by atoms with Crippen molar-refractivity contribution < 1.29 is 0 Å². The van der Waals surface area contributed by atoms with Gasteiger partial charge in [0.25, 0.3) is 0 Å². The Morgan fingerprint density at radius 3 is 2.63 bits per heavy atom.